The molecule has 2 rings (SSSR count). The molecule has 0 aromatic heterocycles. The standard InChI is InChI=1S/C16H16O4/c1-2-10-3-5-11(6-4-10)9-13-14(17)8-7-12(15(13)18)16(19)20/h3-8,17-18H,2,9H2,1H3,(H,19,20). The fraction of sp³-hybridized carbons (Fsp3) is 0.188. The summed E-state index contributed by atoms with van der Waals surface area (Å²) in [5, 5.41) is 28.7. The van der Waals surface area contributed by atoms with Gasteiger partial charge >= 0.3 is 5.97 Å². The predicted molar refractivity (Wildman–Crippen MR) is 75.4 cm³/mol. The minimum Gasteiger partial charge on any atom is -0.508 e. The minimum atomic E-state index is -1.22. The molecular formula is C16H16O4. The summed E-state index contributed by atoms with van der Waals surface area (Å²) >= 11 is 0. The summed E-state index contributed by atoms with van der Waals surface area (Å²) in [5.41, 5.74) is 2.12. The Morgan fingerprint density at radius 3 is 2.15 bits per heavy atom. The van der Waals surface area contributed by atoms with Crippen LogP contribution in [0.15, 0.2) is 36.4 Å². The normalized spacial score (nSPS) is 10.4. The first-order valence-electron chi connectivity index (χ1n) is 6.37. The molecule has 0 bridgehead atoms. The second-order valence-corrected chi connectivity index (χ2v) is 4.61. The smallest absolute Gasteiger partial charge is 0.339 e. The zero-order valence-electron chi connectivity index (χ0n) is 11.1. The molecule has 4 nitrogen and oxygen atoms in total. The molecule has 0 saturated heterocycles. The monoisotopic (exact) mass is 272 g/mol. The highest BCUT2D eigenvalue weighted by atomic mass is 16.4. The first kappa shape index (κ1) is 13.9. The summed E-state index contributed by atoms with van der Waals surface area (Å²) in [7, 11) is 0. The SMILES string of the molecule is CCc1ccc(Cc2c(O)ccc(C(=O)O)c2O)cc1. The van der Waals surface area contributed by atoms with Crippen LogP contribution in [0.4, 0.5) is 0 Å². The van der Waals surface area contributed by atoms with Gasteiger partial charge in [0, 0.05) is 12.0 Å². The highest BCUT2D eigenvalue weighted by Crippen LogP contribution is 2.32. The molecular weight excluding hydrogens is 256 g/mol. The lowest BCUT2D eigenvalue weighted by atomic mass is 9.99. The number of rotatable bonds is 4. The number of benzene rings is 2. The third kappa shape index (κ3) is 2.74. The van der Waals surface area contributed by atoms with E-state index in [1.165, 1.54) is 17.7 Å². The molecule has 0 heterocycles. The molecule has 0 aliphatic rings. The van der Waals surface area contributed by atoms with Crippen LogP contribution in [0.5, 0.6) is 11.5 Å². The largest absolute Gasteiger partial charge is 0.508 e. The first-order valence-corrected chi connectivity index (χ1v) is 6.37. The number of hydrogen-bond donors (Lipinski definition) is 3. The molecule has 0 fully saturated rings. The van der Waals surface area contributed by atoms with Crippen LogP contribution in [-0.4, -0.2) is 21.3 Å². The van der Waals surface area contributed by atoms with Crippen LogP contribution in [0.1, 0.15) is 34.0 Å². The summed E-state index contributed by atoms with van der Waals surface area (Å²) in [6.45, 7) is 2.06. The summed E-state index contributed by atoms with van der Waals surface area (Å²) in [5.74, 6) is -1.70. The van der Waals surface area contributed by atoms with Gasteiger partial charge in [0.25, 0.3) is 0 Å². The zero-order chi connectivity index (χ0) is 14.7. The van der Waals surface area contributed by atoms with E-state index in [2.05, 4.69) is 6.92 Å². The number of phenolic OH excluding ortho intramolecular Hbond substituents is 1. The molecule has 0 atom stereocenters. The van der Waals surface area contributed by atoms with E-state index >= 15 is 0 Å². The molecule has 2 aromatic carbocycles. The van der Waals surface area contributed by atoms with Crippen molar-refractivity contribution in [3.8, 4) is 11.5 Å². The third-order valence-corrected chi connectivity index (χ3v) is 3.30. The number of hydrogen-bond acceptors (Lipinski definition) is 3. The average molecular weight is 272 g/mol. The summed E-state index contributed by atoms with van der Waals surface area (Å²) in [6.07, 6.45) is 1.22. The Kier molecular flexibility index (Phi) is 3.94. The van der Waals surface area contributed by atoms with Crippen molar-refractivity contribution >= 4 is 5.97 Å². The Bertz CT molecular complexity index is 630. The van der Waals surface area contributed by atoms with E-state index in [1.54, 1.807) is 0 Å². The highest BCUT2D eigenvalue weighted by Gasteiger charge is 2.17. The Morgan fingerprint density at radius 2 is 1.60 bits per heavy atom. The van der Waals surface area contributed by atoms with E-state index in [4.69, 9.17) is 5.11 Å². The lowest BCUT2D eigenvalue weighted by Crippen LogP contribution is -2.00. The van der Waals surface area contributed by atoms with Gasteiger partial charge in [0.15, 0.2) is 0 Å². The Balaban J connectivity index is 2.36. The van der Waals surface area contributed by atoms with Crippen molar-refractivity contribution in [2.45, 2.75) is 19.8 Å². The van der Waals surface area contributed by atoms with Crippen molar-refractivity contribution in [3.63, 3.8) is 0 Å². The molecule has 0 aliphatic heterocycles. The number of aryl methyl sites for hydroxylation is 1. The maximum atomic E-state index is 11.0. The maximum Gasteiger partial charge on any atom is 0.339 e. The summed E-state index contributed by atoms with van der Waals surface area (Å²) in [4.78, 5) is 11.0. The number of carbonyl (C=O) groups is 1. The van der Waals surface area contributed by atoms with Gasteiger partial charge in [0.1, 0.15) is 17.1 Å². The van der Waals surface area contributed by atoms with Crippen molar-refractivity contribution < 1.29 is 20.1 Å². The second kappa shape index (κ2) is 5.65. The van der Waals surface area contributed by atoms with E-state index in [1.807, 2.05) is 24.3 Å². The first-order chi connectivity index (χ1) is 9.52. The quantitative estimate of drug-likeness (QED) is 0.799. The Hall–Kier alpha value is -2.49. The third-order valence-electron chi connectivity index (χ3n) is 3.30. The van der Waals surface area contributed by atoms with Crippen LogP contribution in [-0.2, 0) is 12.8 Å². The molecule has 4 heteroatoms. The van der Waals surface area contributed by atoms with Crippen LogP contribution >= 0.6 is 0 Å². The maximum absolute atomic E-state index is 11.0. The van der Waals surface area contributed by atoms with Crippen LogP contribution < -0.4 is 0 Å². The van der Waals surface area contributed by atoms with Gasteiger partial charge in [-0.05, 0) is 29.7 Å². The van der Waals surface area contributed by atoms with Gasteiger partial charge in [0.2, 0.25) is 0 Å². The number of aromatic carboxylic acids is 1. The van der Waals surface area contributed by atoms with Gasteiger partial charge in [-0.25, -0.2) is 4.79 Å². The number of carboxylic acid groups (broad SMARTS) is 1. The fourth-order valence-corrected chi connectivity index (χ4v) is 2.07. The summed E-state index contributed by atoms with van der Waals surface area (Å²) < 4.78 is 0. The molecule has 0 spiro atoms. The molecule has 3 N–H and O–H groups in total. The minimum absolute atomic E-state index is 0.105. The Morgan fingerprint density at radius 1 is 1.00 bits per heavy atom. The fourth-order valence-electron chi connectivity index (χ4n) is 2.07. The molecule has 0 saturated carbocycles. The predicted octanol–water partition coefficient (Wildman–Crippen LogP) is 2.95. The van der Waals surface area contributed by atoms with E-state index in [0.717, 1.165) is 12.0 Å². The van der Waals surface area contributed by atoms with Gasteiger partial charge in [0.05, 0.1) is 0 Å². The highest BCUT2D eigenvalue weighted by molar-refractivity contribution is 5.91. The van der Waals surface area contributed by atoms with E-state index in [9.17, 15) is 15.0 Å². The van der Waals surface area contributed by atoms with Crippen LogP contribution in [0.2, 0.25) is 0 Å². The molecule has 0 radical (unpaired) electrons. The van der Waals surface area contributed by atoms with E-state index in [0.29, 0.717) is 0 Å². The topological polar surface area (TPSA) is 77.8 Å². The number of aromatic hydroxyl groups is 2. The Labute approximate surface area is 116 Å². The van der Waals surface area contributed by atoms with Crippen molar-refractivity contribution in [2.75, 3.05) is 0 Å². The van der Waals surface area contributed by atoms with Crippen molar-refractivity contribution in [2.24, 2.45) is 0 Å². The molecule has 0 unspecified atom stereocenters. The molecule has 20 heavy (non-hydrogen) atoms. The van der Waals surface area contributed by atoms with Gasteiger partial charge in [-0.2, -0.15) is 0 Å². The number of phenols is 2. The molecule has 0 aliphatic carbocycles. The summed E-state index contributed by atoms with van der Waals surface area (Å²) in [6, 6.07) is 10.3. The molecule has 104 valence electrons. The van der Waals surface area contributed by atoms with Crippen LogP contribution in [0, 0.1) is 0 Å². The van der Waals surface area contributed by atoms with E-state index < -0.39 is 5.97 Å². The lowest BCUT2D eigenvalue weighted by Gasteiger charge is -2.10. The molecule has 2 aromatic rings. The average Bonchev–Trinajstić information content (AvgIpc) is 2.43. The number of carboxylic acids is 1. The van der Waals surface area contributed by atoms with Crippen molar-refractivity contribution in [1.29, 1.82) is 0 Å². The van der Waals surface area contributed by atoms with E-state index in [-0.39, 0.29) is 29.0 Å². The van der Waals surface area contributed by atoms with Crippen molar-refractivity contribution in [3.05, 3.63) is 58.7 Å². The van der Waals surface area contributed by atoms with Crippen molar-refractivity contribution in [1.82, 2.24) is 0 Å². The van der Waals surface area contributed by atoms with Crippen LogP contribution in [0.3, 0.4) is 0 Å². The van der Waals surface area contributed by atoms with Gasteiger partial charge < -0.3 is 15.3 Å². The second-order valence-electron chi connectivity index (χ2n) is 4.61. The van der Waals surface area contributed by atoms with Crippen LogP contribution in [0.25, 0.3) is 0 Å². The van der Waals surface area contributed by atoms with Gasteiger partial charge in [-0.1, -0.05) is 31.2 Å². The zero-order valence-corrected chi connectivity index (χ0v) is 11.1. The van der Waals surface area contributed by atoms with Gasteiger partial charge in [-0.3, -0.25) is 0 Å². The molecule has 0 amide bonds. The van der Waals surface area contributed by atoms with Gasteiger partial charge in [-0.15, -0.1) is 0 Å². The lowest BCUT2D eigenvalue weighted by molar-refractivity contribution is 0.0693.